The summed E-state index contributed by atoms with van der Waals surface area (Å²) < 4.78 is 4.16. The molecule has 0 radical (unpaired) electrons. The van der Waals surface area contributed by atoms with E-state index >= 15 is 0 Å². The van der Waals surface area contributed by atoms with Crippen LogP contribution in [0.4, 0.5) is 0 Å². The van der Waals surface area contributed by atoms with Crippen LogP contribution in [0.1, 0.15) is 37.3 Å². The lowest BCUT2D eigenvalue weighted by atomic mass is 9.91. The van der Waals surface area contributed by atoms with Crippen LogP contribution >= 0.6 is 11.5 Å². The molecule has 0 unspecified atom stereocenters. The monoisotopic (exact) mass is 314 g/mol. The molecule has 0 aromatic carbocycles. The number of amides is 1. The van der Waals surface area contributed by atoms with Gasteiger partial charge in [0.2, 0.25) is 5.91 Å². The lowest BCUT2D eigenvalue weighted by Crippen LogP contribution is -2.38. The van der Waals surface area contributed by atoms with Crippen LogP contribution in [-0.2, 0) is 4.79 Å². The molecule has 4 rings (SSSR count). The van der Waals surface area contributed by atoms with E-state index in [1.807, 2.05) is 17.0 Å². The molecule has 0 bridgehead atoms. The van der Waals surface area contributed by atoms with Crippen LogP contribution in [-0.4, -0.2) is 38.5 Å². The molecule has 1 saturated carbocycles. The highest BCUT2D eigenvalue weighted by molar-refractivity contribution is 7.09. The maximum atomic E-state index is 12.1. The van der Waals surface area contributed by atoms with E-state index in [1.54, 1.807) is 12.4 Å². The van der Waals surface area contributed by atoms with Crippen molar-refractivity contribution in [2.45, 2.75) is 31.6 Å². The Kier molecular flexibility index (Phi) is 3.62. The zero-order valence-electron chi connectivity index (χ0n) is 12.3. The average molecular weight is 314 g/mol. The van der Waals surface area contributed by atoms with Crippen molar-refractivity contribution in [1.82, 2.24) is 19.5 Å². The van der Waals surface area contributed by atoms with E-state index in [1.165, 1.54) is 11.5 Å². The lowest BCUT2D eigenvalue weighted by molar-refractivity contribution is -0.133. The summed E-state index contributed by atoms with van der Waals surface area (Å²) in [6.07, 6.45) is 7.75. The maximum Gasteiger partial charge on any atom is 0.225 e. The van der Waals surface area contributed by atoms with Gasteiger partial charge in [0.25, 0.3) is 0 Å². The van der Waals surface area contributed by atoms with Crippen molar-refractivity contribution in [2.75, 3.05) is 13.1 Å². The molecule has 3 heterocycles. The zero-order chi connectivity index (χ0) is 14.9. The zero-order valence-corrected chi connectivity index (χ0v) is 13.1. The molecule has 0 spiro atoms. The summed E-state index contributed by atoms with van der Waals surface area (Å²) in [5.74, 6) is 1.10. The Labute approximate surface area is 133 Å². The molecule has 5 nitrogen and oxygen atoms in total. The number of pyridine rings is 1. The predicted octanol–water partition coefficient (Wildman–Crippen LogP) is 2.72. The molecule has 114 valence electrons. The third-order valence-corrected chi connectivity index (χ3v) is 5.37. The normalized spacial score (nSPS) is 19.4. The number of hydrogen-bond acceptors (Lipinski definition) is 5. The highest BCUT2D eigenvalue weighted by Gasteiger charge is 2.35. The first-order valence-corrected chi connectivity index (χ1v) is 8.61. The average Bonchev–Trinajstić information content (AvgIpc) is 3.32. The molecule has 1 aliphatic carbocycles. The summed E-state index contributed by atoms with van der Waals surface area (Å²) in [6.45, 7) is 1.71. The van der Waals surface area contributed by atoms with Crippen LogP contribution in [0.25, 0.3) is 10.4 Å². The van der Waals surface area contributed by atoms with Gasteiger partial charge < -0.3 is 4.90 Å². The largest absolute Gasteiger partial charge is 0.342 e. The molecule has 1 saturated heterocycles. The van der Waals surface area contributed by atoms with Gasteiger partial charge in [-0.2, -0.15) is 0 Å². The number of carbonyl (C=O) groups is 1. The van der Waals surface area contributed by atoms with Crippen LogP contribution in [0, 0.1) is 5.92 Å². The van der Waals surface area contributed by atoms with Gasteiger partial charge >= 0.3 is 0 Å². The fourth-order valence-corrected chi connectivity index (χ4v) is 3.88. The number of nitrogens with zero attached hydrogens (tertiary/aromatic N) is 4. The fourth-order valence-electron chi connectivity index (χ4n) is 3.13. The Morgan fingerprint density at radius 1 is 1.14 bits per heavy atom. The van der Waals surface area contributed by atoms with Crippen LogP contribution in [0.3, 0.4) is 0 Å². The van der Waals surface area contributed by atoms with Gasteiger partial charge in [0.15, 0.2) is 0 Å². The summed E-state index contributed by atoms with van der Waals surface area (Å²) in [6, 6.07) is 4.01. The van der Waals surface area contributed by atoms with Crippen molar-refractivity contribution >= 4 is 17.4 Å². The van der Waals surface area contributed by atoms with Crippen molar-refractivity contribution in [3.8, 4) is 10.4 Å². The molecule has 0 atom stereocenters. The van der Waals surface area contributed by atoms with Gasteiger partial charge in [0.05, 0.1) is 10.6 Å². The second-order valence-corrected chi connectivity index (χ2v) is 6.85. The number of rotatable bonds is 3. The van der Waals surface area contributed by atoms with E-state index in [0.717, 1.165) is 54.9 Å². The highest BCUT2D eigenvalue weighted by Crippen LogP contribution is 2.37. The molecule has 2 fully saturated rings. The van der Waals surface area contributed by atoms with Gasteiger partial charge in [-0.1, -0.05) is 4.49 Å². The van der Waals surface area contributed by atoms with Crippen molar-refractivity contribution < 1.29 is 4.79 Å². The van der Waals surface area contributed by atoms with Gasteiger partial charge in [-0.15, -0.1) is 5.10 Å². The minimum atomic E-state index is 0.324. The molecule has 2 aromatic rings. The molecule has 1 aliphatic heterocycles. The van der Waals surface area contributed by atoms with Crippen LogP contribution < -0.4 is 0 Å². The van der Waals surface area contributed by atoms with Crippen LogP contribution in [0.5, 0.6) is 0 Å². The number of hydrogen-bond donors (Lipinski definition) is 0. The first kappa shape index (κ1) is 13.8. The fraction of sp³-hybridized carbons (Fsp3) is 0.500. The molecule has 2 aromatic heterocycles. The smallest absolute Gasteiger partial charge is 0.225 e. The third kappa shape index (κ3) is 2.63. The van der Waals surface area contributed by atoms with Gasteiger partial charge in [-0.25, -0.2) is 0 Å². The molecular formula is C16H18N4OS. The van der Waals surface area contributed by atoms with E-state index < -0.39 is 0 Å². The van der Waals surface area contributed by atoms with Gasteiger partial charge in [0.1, 0.15) is 0 Å². The summed E-state index contributed by atoms with van der Waals surface area (Å²) in [7, 11) is 0. The van der Waals surface area contributed by atoms with Crippen molar-refractivity contribution in [2.24, 2.45) is 5.92 Å². The van der Waals surface area contributed by atoms with Crippen molar-refractivity contribution in [1.29, 1.82) is 0 Å². The maximum absolute atomic E-state index is 12.1. The second kappa shape index (κ2) is 5.76. The standard InChI is InChI=1S/C16H18N4OS/c21-16(13-1-2-13)20-9-5-11(6-10-20)14-15(22-19-18-14)12-3-7-17-8-4-12/h3-4,7-8,11,13H,1-2,5-6,9-10H2. The Hall–Kier alpha value is -1.82. The van der Waals surface area contributed by atoms with Crippen LogP contribution in [0.2, 0.25) is 0 Å². The van der Waals surface area contributed by atoms with Gasteiger partial charge in [-0.3, -0.25) is 9.78 Å². The Morgan fingerprint density at radius 3 is 2.55 bits per heavy atom. The molecule has 0 N–H and O–H groups in total. The van der Waals surface area contributed by atoms with Gasteiger partial charge in [-0.05, 0) is 54.9 Å². The topological polar surface area (TPSA) is 59.0 Å². The molecule has 2 aliphatic rings. The molecule has 6 heteroatoms. The highest BCUT2D eigenvalue weighted by atomic mass is 32.1. The summed E-state index contributed by atoms with van der Waals surface area (Å²) in [5, 5.41) is 4.38. The first-order chi connectivity index (χ1) is 10.8. The first-order valence-electron chi connectivity index (χ1n) is 7.84. The van der Waals surface area contributed by atoms with Crippen LogP contribution in [0.15, 0.2) is 24.5 Å². The van der Waals surface area contributed by atoms with Crippen molar-refractivity contribution in [3.63, 3.8) is 0 Å². The Morgan fingerprint density at radius 2 is 1.86 bits per heavy atom. The minimum Gasteiger partial charge on any atom is -0.342 e. The molecular weight excluding hydrogens is 296 g/mol. The second-order valence-electron chi connectivity index (χ2n) is 6.10. The van der Waals surface area contributed by atoms with E-state index in [-0.39, 0.29) is 0 Å². The number of aromatic nitrogens is 3. The van der Waals surface area contributed by atoms with Crippen molar-refractivity contribution in [3.05, 3.63) is 30.2 Å². The van der Waals surface area contributed by atoms with E-state index in [0.29, 0.717) is 17.7 Å². The Bertz CT molecular complexity index is 660. The van der Waals surface area contributed by atoms with Gasteiger partial charge in [0, 0.05) is 37.3 Å². The minimum absolute atomic E-state index is 0.324. The number of piperidine rings is 1. The predicted molar refractivity (Wildman–Crippen MR) is 84.4 cm³/mol. The lowest BCUT2D eigenvalue weighted by Gasteiger charge is -2.31. The van der Waals surface area contributed by atoms with E-state index in [9.17, 15) is 4.79 Å². The quantitative estimate of drug-likeness (QED) is 0.874. The Balaban J connectivity index is 1.48. The van der Waals surface area contributed by atoms with E-state index in [2.05, 4.69) is 14.6 Å². The molecule has 1 amide bonds. The number of likely N-dealkylation sites (tertiary alicyclic amines) is 1. The SMILES string of the molecule is O=C(C1CC1)N1CCC(c2nnsc2-c2ccncc2)CC1. The summed E-state index contributed by atoms with van der Waals surface area (Å²) >= 11 is 1.45. The third-order valence-electron chi connectivity index (χ3n) is 4.58. The van der Waals surface area contributed by atoms with E-state index in [4.69, 9.17) is 0 Å². The molecule has 22 heavy (non-hydrogen) atoms. The summed E-state index contributed by atoms with van der Waals surface area (Å²) in [4.78, 5) is 19.4. The number of carbonyl (C=O) groups excluding carboxylic acids is 1. The summed E-state index contributed by atoms with van der Waals surface area (Å²) in [5.41, 5.74) is 2.23.